The van der Waals surface area contributed by atoms with Crippen molar-refractivity contribution >= 4 is 43.5 Å². The average molecular weight is 416 g/mol. The van der Waals surface area contributed by atoms with Crippen molar-refractivity contribution in [2.75, 3.05) is 11.8 Å². The second-order valence-corrected chi connectivity index (χ2v) is 7.42. The molecule has 0 aliphatic carbocycles. The molecular weight excluding hydrogens is 402 g/mol. The number of rotatable bonds is 5. The Morgan fingerprint density at radius 2 is 1.96 bits per heavy atom. The number of carbonyl (C=O) groups excluding carboxylic acids is 2. The third-order valence-electron chi connectivity index (χ3n) is 3.17. The highest BCUT2D eigenvalue weighted by Crippen LogP contribution is 2.25. The van der Waals surface area contributed by atoms with Crippen molar-refractivity contribution in [3.05, 3.63) is 46.2 Å². The van der Waals surface area contributed by atoms with E-state index >= 15 is 0 Å². The fraction of sp³-hybridized carbons (Fsp3) is 0.143. The fourth-order valence-electron chi connectivity index (χ4n) is 2.01. The van der Waals surface area contributed by atoms with Crippen LogP contribution in [-0.4, -0.2) is 32.0 Å². The first-order chi connectivity index (χ1) is 11.2. The number of nitrogens with two attached hydrogens (primary N) is 1. The summed E-state index contributed by atoms with van der Waals surface area (Å²) in [7, 11) is -1.34. The molecule has 1 heterocycles. The molecule has 0 spiro atoms. The summed E-state index contributed by atoms with van der Waals surface area (Å²) in [5.41, 5.74) is 5.32. The van der Waals surface area contributed by atoms with Gasteiger partial charge in [0.25, 0.3) is 15.9 Å². The molecule has 3 N–H and O–H groups in total. The van der Waals surface area contributed by atoms with Crippen molar-refractivity contribution in [2.24, 2.45) is 12.8 Å². The number of nitrogens with zero attached hydrogens (tertiary/aromatic N) is 1. The van der Waals surface area contributed by atoms with Crippen LogP contribution in [0.2, 0.25) is 0 Å². The minimum atomic E-state index is -4.03. The molecule has 0 bridgehead atoms. The molecule has 2 rings (SSSR count). The van der Waals surface area contributed by atoms with Crippen LogP contribution in [0.1, 0.15) is 20.8 Å². The van der Waals surface area contributed by atoms with E-state index in [1.807, 2.05) is 0 Å². The van der Waals surface area contributed by atoms with Gasteiger partial charge in [-0.05, 0) is 24.3 Å². The van der Waals surface area contributed by atoms with E-state index in [1.54, 1.807) is 6.07 Å². The number of amides is 1. The summed E-state index contributed by atoms with van der Waals surface area (Å²) >= 11 is 3.21. The van der Waals surface area contributed by atoms with Gasteiger partial charge >= 0.3 is 5.97 Å². The molecule has 128 valence electrons. The van der Waals surface area contributed by atoms with E-state index in [9.17, 15) is 18.0 Å². The lowest BCUT2D eigenvalue weighted by atomic mass is 10.2. The standard InChI is InChI=1S/C14H14BrN3O5S/c1-18-7-9(6-12(18)13(16)19)24(21,22)17-11-4-3-8(15)5-10(11)14(20)23-2/h3-7,17H,1-2H3,(H2,16,19). The van der Waals surface area contributed by atoms with Crippen molar-refractivity contribution < 1.29 is 22.7 Å². The predicted molar refractivity (Wildman–Crippen MR) is 90.2 cm³/mol. The zero-order valence-corrected chi connectivity index (χ0v) is 15.1. The average Bonchev–Trinajstić information content (AvgIpc) is 2.91. The third-order valence-corrected chi connectivity index (χ3v) is 5.00. The van der Waals surface area contributed by atoms with E-state index < -0.39 is 21.9 Å². The highest BCUT2D eigenvalue weighted by atomic mass is 79.9. The maximum atomic E-state index is 12.5. The first kappa shape index (κ1) is 18.0. The molecule has 0 radical (unpaired) electrons. The summed E-state index contributed by atoms with van der Waals surface area (Å²) in [5, 5.41) is 0. The van der Waals surface area contributed by atoms with Crippen molar-refractivity contribution in [3.63, 3.8) is 0 Å². The van der Waals surface area contributed by atoms with E-state index in [0.717, 1.165) is 6.07 Å². The van der Waals surface area contributed by atoms with Gasteiger partial charge in [-0.2, -0.15) is 0 Å². The summed E-state index contributed by atoms with van der Waals surface area (Å²) < 4.78 is 33.8. The molecule has 24 heavy (non-hydrogen) atoms. The molecule has 0 atom stereocenters. The van der Waals surface area contributed by atoms with E-state index in [-0.39, 0.29) is 21.8 Å². The number of hydrogen-bond donors (Lipinski definition) is 2. The van der Waals surface area contributed by atoms with Crippen LogP contribution in [-0.2, 0) is 21.8 Å². The number of methoxy groups -OCH3 is 1. The van der Waals surface area contributed by atoms with Crippen molar-refractivity contribution in [1.29, 1.82) is 0 Å². The zero-order valence-electron chi connectivity index (χ0n) is 12.7. The number of hydrogen-bond acceptors (Lipinski definition) is 5. The topological polar surface area (TPSA) is 120 Å². The molecule has 1 aromatic carbocycles. The number of carbonyl (C=O) groups is 2. The van der Waals surface area contributed by atoms with E-state index in [1.165, 1.54) is 37.1 Å². The number of benzene rings is 1. The summed E-state index contributed by atoms with van der Waals surface area (Å²) in [4.78, 5) is 22.9. The SMILES string of the molecule is COC(=O)c1cc(Br)ccc1NS(=O)(=O)c1cc(C(N)=O)n(C)c1. The highest BCUT2D eigenvalue weighted by molar-refractivity contribution is 9.10. The Kier molecular flexibility index (Phi) is 4.99. The fourth-order valence-corrected chi connectivity index (χ4v) is 3.52. The van der Waals surface area contributed by atoms with Crippen LogP contribution in [0.4, 0.5) is 5.69 Å². The number of ether oxygens (including phenoxy) is 1. The summed E-state index contributed by atoms with van der Waals surface area (Å²) in [6.45, 7) is 0. The minimum absolute atomic E-state index is 0.0411. The lowest BCUT2D eigenvalue weighted by Gasteiger charge is -2.11. The minimum Gasteiger partial charge on any atom is -0.465 e. The van der Waals surface area contributed by atoms with Gasteiger partial charge in [-0.15, -0.1) is 0 Å². The Balaban J connectivity index is 2.45. The number of aryl methyl sites for hydroxylation is 1. The predicted octanol–water partition coefficient (Wildman–Crippen LogP) is 1.47. The number of primary amides is 1. The zero-order chi connectivity index (χ0) is 18.1. The normalized spacial score (nSPS) is 11.1. The number of anilines is 1. The van der Waals surface area contributed by atoms with Gasteiger partial charge in [0.05, 0.1) is 18.4 Å². The molecule has 0 saturated carbocycles. The van der Waals surface area contributed by atoms with E-state index in [4.69, 9.17) is 5.73 Å². The van der Waals surface area contributed by atoms with E-state index in [2.05, 4.69) is 25.4 Å². The first-order valence-corrected chi connectivity index (χ1v) is 8.80. The van der Waals surface area contributed by atoms with Gasteiger partial charge in [-0.1, -0.05) is 15.9 Å². The molecule has 1 aromatic heterocycles. The molecule has 0 aliphatic rings. The molecule has 2 aromatic rings. The van der Waals surface area contributed by atoms with Gasteiger partial charge < -0.3 is 15.0 Å². The van der Waals surface area contributed by atoms with Crippen LogP contribution < -0.4 is 10.5 Å². The summed E-state index contributed by atoms with van der Waals surface area (Å²) in [6.07, 6.45) is 1.25. The molecule has 1 amide bonds. The number of halogens is 1. The molecule has 0 saturated heterocycles. The van der Waals surface area contributed by atoms with Gasteiger partial charge in [0, 0.05) is 17.7 Å². The maximum absolute atomic E-state index is 12.5. The van der Waals surface area contributed by atoms with Crippen LogP contribution in [0.15, 0.2) is 39.8 Å². The smallest absolute Gasteiger partial charge is 0.340 e. The molecular formula is C14H14BrN3O5S. The maximum Gasteiger partial charge on any atom is 0.340 e. The highest BCUT2D eigenvalue weighted by Gasteiger charge is 2.22. The quantitative estimate of drug-likeness (QED) is 0.716. The molecule has 0 fully saturated rings. The number of nitrogens with one attached hydrogen (secondary N) is 1. The number of sulfonamides is 1. The van der Waals surface area contributed by atoms with E-state index in [0.29, 0.717) is 4.47 Å². The molecule has 8 nitrogen and oxygen atoms in total. The Morgan fingerprint density at radius 1 is 1.29 bits per heavy atom. The lowest BCUT2D eigenvalue weighted by Crippen LogP contribution is -2.16. The second kappa shape index (κ2) is 6.65. The van der Waals surface area contributed by atoms with Crippen molar-refractivity contribution in [2.45, 2.75) is 4.90 Å². The summed E-state index contributed by atoms with van der Waals surface area (Å²) in [6, 6.07) is 5.58. The number of esters is 1. The van der Waals surface area contributed by atoms with Crippen LogP contribution >= 0.6 is 15.9 Å². The van der Waals surface area contributed by atoms with Gasteiger partial charge in [-0.25, -0.2) is 13.2 Å². The van der Waals surface area contributed by atoms with Crippen LogP contribution in [0.3, 0.4) is 0 Å². The largest absolute Gasteiger partial charge is 0.465 e. The Labute approximate surface area is 146 Å². The van der Waals surface area contributed by atoms with Gasteiger partial charge in [0.15, 0.2) is 0 Å². The summed E-state index contributed by atoms with van der Waals surface area (Å²) in [5.74, 6) is -1.45. The van der Waals surface area contributed by atoms with Gasteiger partial charge in [0.2, 0.25) is 0 Å². The molecule has 0 aliphatic heterocycles. The van der Waals surface area contributed by atoms with Crippen molar-refractivity contribution in [1.82, 2.24) is 4.57 Å². The lowest BCUT2D eigenvalue weighted by molar-refractivity contribution is 0.0601. The molecule has 10 heteroatoms. The van der Waals surface area contributed by atoms with Gasteiger partial charge in [0.1, 0.15) is 10.6 Å². The first-order valence-electron chi connectivity index (χ1n) is 6.52. The van der Waals surface area contributed by atoms with Crippen LogP contribution in [0, 0.1) is 0 Å². The second-order valence-electron chi connectivity index (χ2n) is 4.82. The Hall–Kier alpha value is -2.33. The monoisotopic (exact) mass is 415 g/mol. The van der Waals surface area contributed by atoms with Crippen molar-refractivity contribution in [3.8, 4) is 0 Å². The van der Waals surface area contributed by atoms with Gasteiger partial charge in [-0.3, -0.25) is 9.52 Å². The Bertz CT molecular complexity index is 920. The Morgan fingerprint density at radius 3 is 2.50 bits per heavy atom. The van der Waals surface area contributed by atoms with Crippen LogP contribution in [0.5, 0.6) is 0 Å². The third kappa shape index (κ3) is 3.60. The van der Waals surface area contributed by atoms with Crippen LogP contribution in [0.25, 0.3) is 0 Å². The molecule has 0 unspecified atom stereocenters. The number of aromatic nitrogens is 1.